The molecule has 0 aliphatic rings. The van der Waals surface area contributed by atoms with Gasteiger partial charge in [-0.3, -0.25) is 0 Å². The third-order valence-corrected chi connectivity index (χ3v) is 3.24. The Morgan fingerprint density at radius 2 is 1.88 bits per heavy atom. The molecule has 17 heavy (non-hydrogen) atoms. The molecule has 0 amide bonds. The maximum absolute atomic E-state index is 5.22. The molecule has 0 radical (unpaired) electrons. The maximum atomic E-state index is 5.22. The van der Waals surface area contributed by atoms with Crippen LogP contribution in [0.25, 0.3) is 0 Å². The zero-order valence-electron chi connectivity index (χ0n) is 10.3. The maximum Gasteiger partial charge on any atom is 0.220 e. The molecule has 0 saturated carbocycles. The van der Waals surface area contributed by atoms with Crippen molar-refractivity contribution < 1.29 is 9.47 Å². The van der Waals surface area contributed by atoms with E-state index in [1.54, 1.807) is 20.3 Å². The summed E-state index contributed by atoms with van der Waals surface area (Å²) in [7, 11) is 3.10. The molecule has 0 bridgehead atoms. The van der Waals surface area contributed by atoms with Crippen LogP contribution in [0.4, 0.5) is 0 Å². The minimum Gasteiger partial charge on any atom is -0.481 e. The van der Waals surface area contributed by atoms with Gasteiger partial charge in [-0.1, -0.05) is 11.8 Å². The van der Waals surface area contributed by atoms with Crippen molar-refractivity contribution in [3.8, 4) is 11.8 Å². The normalized spacial score (nSPS) is 13.3. The van der Waals surface area contributed by atoms with Crippen molar-refractivity contribution in [2.75, 3.05) is 14.2 Å². The number of nitrogens with two attached hydrogens (primary N) is 1. The molecule has 1 atom stereocenters. The quantitative estimate of drug-likeness (QED) is 0.281. The van der Waals surface area contributed by atoms with E-state index in [2.05, 4.69) is 15.1 Å². The highest BCUT2D eigenvalue weighted by Crippen LogP contribution is 2.25. The fraction of sp³-hybridized carbons (Fsp3) is 0.500. The van der Waals surface area contributed by atoms with Crippen molar-refractivity contribution in [3.05, 3.63) is 6.07 Å². The number of hydrogen-bond donors (Lipinski definition) is 1. The van der Waals surface area contributed by atoms with E-state index >= 15 is 0 Å². The van der Waals surface area contributed by atoms with Crippen LogP contribution in [0.1, 0.15) is 13.8 Å². The van der Waals surface area contributed by atoms with Gasteiger partial charge in [-0.2, -0.15) is 15.1 Å². The number of nitrogens with zero attached hydrogens (tertiary/aromatic N) is 3. The summed E-state index contributed by atoms with van der Waals surface area (Å²) in [5.74, 6) is 6.16. The van der Waals surface area contributed by atoms with Crippen molar-refractivity contribution >= 4 is 17.5 Å². The molecule has 6 nitrogen and oxygen atoms in total. The largest absolute Gasteiger partial charge is 0.481 e. The molecule has 1 rings (SSSR count). The molecule has 2 N–H and O–H groups in total. The van der Waals surface area contributed by atoms with Crippen LogP contribution in [0.15, 0.2) is 16.3 Å². The molecule has 1 aromatic rings. The first-order chi connectivity index (χ1) is 8.10. The molecule has 1 unspecified atom stereocenters. The van der Waals surface area contributed by atoms with Crippen molar-refractivity contribution in [2.45, 2.75) is 24.3 Å². The SMILES string of the molecule is COc1cc(OC)nc(SC(C)C(C)=NN)n1. The van der Waals surface area contributed by atoms with E-state index in [0.717, 1.165) is 5.71 Å². The molecular formula is C10H16N4O2S. The number of thioether (sulfide) groups is 1. The molecule has 0 aromatic carbocycles. The zero-order chi connectivity index (χ0) is 12.8. The standard InChI is InChI=1S/C10H16N4O2S/c1-6(14-11)7(2)17-10-12-8(15-3)5-9(13-10)16-4/h5,7H,11H2,1-4H3. The topological polar surface area (TPSA) is 82.6 Å². The summed E-state index contributed by atoms with van der Waals surface area (Å²) >= 11 is 1.44. The van der Waals surface area contributed by atoms with Gasteiger partial charge in [-0.15, -0.1) is 0 Å². The Morgan fingerprint density at radius 1 is 1.35 bits per heavy atom. The summed E-state index contributed by atoms with van der Waals surface area (Å²) in [6.45, 7) is 3.83. The predicted molar refractivity (Wildman–Crippen MR) is 67.8 cm³/mol. The van der Waals surface area contributed by atoms with Gasteiger partial charge in [0.2, 0.25) is 11.8 Å². The van der Waals surface area contributed by atoms with Crippen LogP contribution >= 0.6 is 11.8 Å². The highest BCUT2D eigenvalue weighted by atomic mass is 32.2. The Hall–Kier alpha value is -1.50. The van der Waals surface area contributed by atoms with E-state index in [4.69, 9.17) is 15.3 Å². The predicted octanol–water partition coefficient (Wildman–Crippen LogP) is 1.31. The average molecular weight is 256 g/mol. The third-order valence-electron chi connectivity index (χ3n) is 2.15. The number of rotatable bonds is 5. The summed E-state index contributed by atoms with van der Waals surface area (Å²) in [4.78, 5) is 8.42. The van der Waals surface area contributed by atoms with Crippen molar-refractivity contribution in [1.29, 1.82) is 0 Å². The average Bonchev–Trinajstić information content (AvgIpc) is 2.36. The first-order valence-corrected chi connectivity index (χ1v) is 5.86. The molecule has 94 valence electrons. The lowest BCUT2D eigenvalue weighted by Gasteiger charge is -2.10. The molecule has 0 aliphatic carbocycles. The Kier molecular flexibility index (Phi) is 5.02. The van der Waals surface area contributed by atoms with Gasteiger partial charge in [0.05, 0.1) is 20.3 Å². The second-order valence-corrected chi connectivity index (χ2v) is 4.57. The molecule has 0 spiro atoms. The van der Waals surface area contributed by atoms with Crippen LogP contribution in [0.3, 0.4) is 0 Å². The number of aromatic nitrogens is 2. The third kappa shape index (κ3) is 3.77. The molecule has 0 aliphatic heterocycles. The fourth-order valence-electron chi connectivity index (χ4n) is 0.994. The minimum absolute atomic E-state index is 0.0943. The lowest BCUT2D eigenvalue weighted by Crippen LogP contribution is -2.12. The van der Waals surface area contributed by atoms with Gasteiger partial charge in [0, 0.05) is 11.0 Å². The van der Waals surface area contributed by atoms with Crippen LogP contribution in [-0.4, -0.2) is 35.1 Å². The highest BCUT2D eigenvalue weighted by molar-refractivity contribution is 8.00. The van der Waals surface area contributed by atoms with E-state index in [1.165, 1.54) is 11.8 Å². The van der Waals surface area contributed by atoms with E-state index in [0.29, 0.717) is 16.9 Å². The summed E-state index contributed by atoms with van der Waals surface area (Å²) in [5, 5.41) is 4.31. The van der Waals surface area contributed by atoms with Crippen LogP contribution in [0, 0.1) is 0 Å². The van der Waals surface area contributed by atoms with E-state index in [9.17, 15) is 0 Å². The second-order valence-electron chi connectivity index (χ2n) is 3.27. The Balaban J connectivity index is 2.90. The zero-order valence-corrected chi connectivity index (χ0v) is 11.1. The Bertz CT molecular complexity index is 389. The van der Waals surface area contributed by atoms with Crippen molar-refractivity contribution in [1.82, 2.24) is 9.97 Å². The fourth-order valence-corrected chi connectivity index (χ4v) is 1.83. The lowest BCUT2D eigenvalue weighted by molar-refractivity contribution is 0.364. The number of hydrogen-bond acceptors (Lipinski definition) is 7. The van der Waals surface area contributed by atoms with E-state index in [-0.39, 0.29) is 5.25 Å². The first kappa shape index (κ1) is 13.6. The number of hydrazone groups is 1. The summed E-state index contributed by atoms with van der Waals surface area (Å²) in [6, 6.07) is 1.62. The summed E-state index contributed by atoms with van der Waals surface area (Å²) < 4.78 is 10.1. The van der Waals surface area contributed by atoms with Gasteiger partial charge in [-0.25, -0.2) is 0 Å². The van der Waals surface area contributed by atoms with Crippen molar-refractivity contribution in [3.63, 3.8) is 0 Å². The monoisotopic (exact) mass is 256 g/mol. The van der Waals surface area contributed by atoms with Crippen LogP contribution < -0.4 is 15.3 Å². The molecular weight excluding hydrogens is 240 g/mol. The highest BCUT2D eigenvalue weighted by Gasteiger charge is 2.12. The minimum atomic E-state index is 0.0943. The molecule has 0 saturated heterocycles. The summed E-state index contributed by atoms with van der Waals surface area (Å²) in [6.07, 6.45) is 0. The first-order valence-electron chi connectivity index (χ1n) is 4.98. The van der Waals surface area contributed by atoms with Crippen LogP contribution in [0.5, 0.6) is 11.8 Å². The van der Waals surface area contributed by atoms with Crippen LogP contribution in [-0.2, 0) is 0 Å². The van der Waals surface area contributed by atoms with Gasteiger partial charge in [0.25, 0.3) is 0 Å². The Morgan fingerprint density at radius 3 is 2.29 bits per heavy atom. The molecule has 1 aromatic heterocycles. The van der Waals surface area contributed by atoms with Gasteiger partial charge >= 0.3 is 0 Å². The van der Waals surface area contributed by atoms with Gasteiger partial charge < -0.3 is 15.3 Å². The van der Waals surface area contributed by atoms with Crippen LogP contribution in [0.2, 0.25) is 0 Å². The molecule has 0 fully saturated rings. The lowest BCUT2D eigenvalue weighted by atomic mass is 10.3. The Labute approximate surface area is 105 Å². The van der Waals surface area contributed by atoms with E-state index in [1.807, 2.05) is 13.8 Å². The van der Waals surface area contributed by atoms with E-state index < -0.39 is 0 Å². The second kappa shape index (κ2) is 6.29. The molecule has 7 heteroatoms. The summed E-state index contributed by atoms with van der Waals surface area (Å²) in [5.41, 5.74) is 0.820. The van der Waals surface area contributed by atoms with Crippen molar-refractivity contribution in [2.24, 2.45) is 10.9 Å². The smallest absolute Gasteiger partial charge is 0.220 e. The van der Waals surface area contributed by atoms with Gasteiger partial charge in [0.15, 0.2) is 5.16 Å². The van der Waals surface area contributed by atoms with Gasteiger partial charge in [0.1, 0.15) is 0 Å². The number of ether oxygens (including phenoxy) is 2. The number of methoxy groups -OCH3 is 2. The molecule has 1 heterocycles. The van der Waals surface area contributed by atoms with Gasteiger partial charge in [-0.05, 0) is 13.8 Å².